The van der Waals surface area contributed by atoms with Crippen molar-refractivity contribution in [3.8, 4) is 5.75 Å². The Morgan fingerprint density at radius 2 is 1.38 bits per heavy atom. The third-order valence-electron chi connectivity index (χ3n) is 2.39. The summed E-state index contributed by atoms with van der Waals surface area (Å²) in [7, 11) is 0. The van der Waals surface area contributed by atoms with Crippen LogP contribution < -0.4 is 4.90 Å². The third-order valence-corrected chi connectivity index (χ3v) is 2.39. The lowest BCUT2D eigenvalue weighted by Gasteiger charge is -2.24. The molecule has 1 aromatic rings. The Balaban J connectivity index is 2.62. The molecule has 16 heavy (non-hydrogen) atoms. The van der Waals surface area contributed by atoms with Gasteiger partial charge in [-0.05, 0) is 37.1 Å². The molecule has 0 aliphatic carbocycles. The molecule has 3 N–H and O–H groups in total. The molecule has 0 unspecified atom stereocenters. The largest absolute Gasteiger partial charge is 0.508 e. The third kappa shape index (κ3) is 4.08. The van der Waals surface area contributed by atoms with Crippen LogP contribution in [0.3, 0.4) is 0 Å². The maximum absolute atomic E-state index is 9.19. The fourth-order valence-corrected chi connectivity index (χ4v) is 1.56. The normalized spacial score (nSPS) is 10.4. The molecule has 1 rings (SSSR count). The molecule has 0 atom stereocenters. The number of phenols is 1. The van der Waals surface area contributed by atoms with Crippen molar-refractivity contribution >= 4 is 5.69 Å². The van der Waals surface area contributed by atoms with Crippen molar-refractivity contribution in [1.82, 2.24) is 0 Å². The van der Waals surface area contributed by atoms with Gasteiger partial charge in [0.2, 0.25) is 0 Å². The van der Waals surface area contributed by atoms with Crippen LogP contribution >= 0.6 is 0 Å². The number of anilines is 1. The fourth-order valence-electron chi connectivity index (χ4n) is 1.56. The topological polar surface area (TPSA) is 63.9 Å². The molecule has 0 aliphatic rings. The fraction of sp³-hybridized carbons (Fsp3) is 0.500. The molecular formula is C12H19NO3. The summed E-state index contributed by atoms with van der Waals surface area (Å²) in [6.45, 7) is 1.82. The van der Waals surface area contributed by atoms with E-state index in [9.17, 15) is 5.11 Å². The highest BCUT2D eigenvalue weighted by Crippen LogP contribution is 2.18. The lowest BCUT2D eigenvalue weighted by molar-refractivity contribution is 0.282. The van der Waals surface area contributed by atoms with E-state index in [1.807, 2.05) is 12.1 Å². The van der Waals surface area contributed by atoms with Crippen molar-refractivity contribution < 1.29 is 15.3 Å². The highest BCUT2D eigenvalue weighted by molar-refractivity contribution is 5.48. The number of nitrogens with zero attached hydrogens (tertiary/aromatic N) is 1. The van der Waals surface area contributed by atoms with Crippen molar-refractivity contribution in [2.75, 3.05) is 31.2 Å². The SMILES string of the molecule is OCCCN(CCCO)c1ccc(O)cc1. The second-order valence-corrected chi connectivity index (χ2v) is 3.66. The van der Waals surface area contributed by atoms with Crippen LogP contribution in [0, 0.1) is 0 Å². The van der Waals surface area contributed by atoms with Crippen molar-refractivity contribution in [2.24, 2.45) is 0 Å². The predicted molar refractivity (Wildman–Crippen MR) is 63.7 cm³/mol. The molecule has 0 bridgehead atoms. The minimum absolute atomic E-state index is 0.160. The van der Waals surface area contributed by atoms with E-state index in [2.05, 4.69) is 4.90 Å². The first-order chi connectivity index (χ1) is 7.77. The summed E-state index contributed by atoms with van der Waals surface area (Å²) < 4.78 is 0. The minimum atomic E-state index is 0.160. The van der Waals surface area contributed by atoms with Gasteiger partial charge in [0.25, 0.3) is 0 Å². The Morgan fingerprint density at radius 3 is 1.81 bits per heavy atom. The zero-order valence-electron chi connectivity index (χ0n) is 9.34. The van der Waals surface area contributed by atoms with Gasteiger partial charge in [-0.25, -0.2) is 0 Å². The molecule has 0 radical (unpaired) electrons. The van der Waals surface area contributed by atoms with Crippen molar-refractivity contribution in [1.29, 1.82) is 0 Å². The first-order valence-electron chi connectivity index (χ1n) is 5.53. The van der Waals surface area contributed by atoms with Gasteiger partial charge in [-0.15, -0.1) is 0 Å². The van der Waals surface area contributed by atoms with Crippen LogP contribution in [0.2, 0.25) is 0 Å². The number of aliphatic hydroxyl groups is 2. The summed E-state index contributed by atoms with van der Waals surface area (Å²) >= 11 is 0. The van der Waals surface area contributed by atoms with Crippen LogP contribution in [0.4, 0.5) is 5.69 Å². The highest BCUT2D eigenvalue weighted by Gasteiger charge is 2.05. The van der Waals surface area contributed by atoms with E-state index >= 15 is 0 Å². The molecule has 0 heterocycles. The first kappa shape index (κ1) is 12.8. The van der Waals surface area contributed by atoms with Crippen LogP contribution in [0.1, 0.15) is 12.8 Å². The Morgan fingerprint density at radius 1 is 0.875 bits per heavy atom. The van der Waals surface area contributed by atoms with E-state index in [4.69, 9.17) is 10.2 Å². The standard InChI is InChI=1S/C12H19NO3/c14-9-1-7-13(8-2-10-15)11-3-5-12(16)6-4-11/h3-6,14-16H,1-2,7-10H2. The molecule has 0 spiro atoms. The molecular weight excluding hydrogens is 206 g/mol. The van der Waals surface area contributed by atoms with Gasteiger partial charge < -0.3 is 20.2 Å². The zero-order valence-corrected chi connectivity index (χ0v) is 9.34. The molecule has 0 saturated carbocycles. The molecule has 4 nitrogen and oxygen atoms in total. The van der Waals surface area contributed by atoms with E-state index in [1.165, 1.54) is 0 Å². The Labute approximate surface area is 95.8 Å². The first-order valence-corrected chi connectivity index (χ1v) is 5.53. The van der Waals surface area contributed by atoms with E-state index in [-0.39, 0.29) is 19.0 Å². The Bertz CT molecular complexity index is 279. The molecule has 4 heteroatoms. The van der Waals surface area contributed by atoms with Crippen LogP contribution in [0.15, 0.2) is 24.3 Å². The van der Waals surface area contributed by atoms with Gasteiger partial charge in [0, 0.05) is 32.0 Å². The zero-order chi connectivity index (χ0) is 11.8. The monoisotopic (exact) mass is 225 g/mol. The van der Waals surface area contributed by atoms with Crippen LogP contribution in [-0.2, 0) is 0 Å². The van der Waals surface area contributed by atoms with Crippen LogP contribution in [0.25, 0.3) is 0 Å². The molecule has 0 saturated heterocycles. The lowest BCUT2D eigenvalue weighted by Crippen LogP contribution is -2.26. The molecule has 0 fully saturated rings. The van der Waals surface area contributed by atoms with Crippen molar-refractivity contribution in [2.45, 2.75) is 12.8 Å². The average molecular weight is 225 g/mol. The summed E-state index contributed by atoms with van der Waals surface area (Å²) in [5.74, 6) is 0.244. The van der Waals surface area contributed by atoms with Gasteiger partial charge in [-0.3, -0.25) is 0 Å². The van der Waals surface area contributed by atoms with Crippen molar-refractivity contribution in [3.05, 3.63) is 24.3 Å². The van der Waals surface area contributed by atoms with E-state index in [0.717, 1.165) is 18.8 Å². The Kier molecular flexibility index (Phi) is 5.67. The molecule has 90 valence electrons. The number of phenolic OH excluding ortho intramolecular Hbond substituents is 1. The number of aromatic hydroxyl groups is 1. The number of hydrogen-bond donors (Lipinski definition) is 3. The molecule has 1 aromatic carbocycles. The number of hydrogen-bond acceptors (Lipinski definition) is 4. The minimum Gasteiger partial charge on any atom is -0.508 e. The molecule has 0 aliphatic heterocycles. The van der Waals surface area contributed by atoms with E-state index < -0.39 is 0 Å². The second kappa shape index (κ2) is 7.09. The van der Waals surface area contributed by atoms with Crippen LogP contribution in [-0.4, -0.2) is 41.6 Å². The van der Waals surface area contributed by atoms with E-state index in [1.54, 1.807) is 12.1 Å². The van der Waals surface area contributed by atoms with Gasteiger partial charge in [0.15, 0.2) is 0 Å². The second-order valence-electron chi connectivity index (χ2n) is 3.66. The number of rotatable bonds is 7. The quantitative estimate of drug-likeness (QED) is 0.647. The predicted octanol–water partition coefficient (Wildman–Crippen LogP) is 0.963. The number of benzene rings is 1. The smallest absolute Gasteiger partial charge is 0.115 e. The summed E-state index contributed by atoms with van der Waals surface area (Å²) in [5.41, 5.74) is 1.000. The van der Waals surface area contributed by atoms with Gasteiger partial charge in [0.1, 0.15) is 5.75 Å². The van der Waals surface area contributed by atoms with Gasteiger partial charge in [0.05, 0.1) is 0 Å². The summed E-state index contributed by atoms with van der Waals surface area (Å²) in [5, 5.41) is 26.8. The molecule has 0 amide bonds. The van der Waals surface area contributed by atoms with Crippen molar-refractivity contribution in [3.63, 3.8) is 0 Å². The summed E-state index contributed by atoms with van der Waals surface area (Å²) in [4.78, 5) is 2.09. The summed E-state index contributed by atoms with van der Waals surface area (Å²) in [6.07, 6.45) is 1.40. The van der Waals surface area contributed by atoms with Gasteiger partial charge >= 0.3 is 0 Å². The van der Waals surface area contributed by atoms with Gasteiger partial charge in [-0.1, -0.05) is 0 Å². The van der Waals surface area contributed by atoms with Gasteiger partial charge in [-0.2, -0.15) is 0 Å². The maximum Gasteiger partial charge on any atom is 0.115 e. The molecule has 0 aromatic heterocycles. The summed E-state index contributed by atoms with van der Waals surface area (Å²) in [6, 6.07) is 6.95. The van der Waals surface area contributed by atoms with E-state index in [0.29, 0.717) is 12.8 Å². The highest BCUT2D eigenvalue weighted by atomic mass is 16.3. The van der Waals surface area contributed by atoms with Crippen LogP contribution in [0.5, 0.6) is 5.75 Å². The average Bonchev–Trinajstić information content (AvgIpc) is 2.31. The Hall–Kier alpha value is -1.26. The lowest BCUT2D eigenvalue weighted by atomic mass is 10.2. The maximum atomic E-state index is 9.19. The number of aliphatic hydroxyl groups excluding tert-OH is 2.